The summed E-state index contributed by atoms with van der Waals surface area (Å²) in [6.45, 7) is 4.65. The summed E-state index contributed by atoms with van der Waals surface area (Å²) in [4.78, 5) is 17.5. The van der Waals surface area contributed by atoms with Crippen LogP contribution in [0.4, 0.5) is 0 Å². The standard InChI is InChI=1S/C20H23N3O3S/c1-11-15(27-10-23-11)8-25-14-5-4-13-17(16(19(22)24)12(2)26-13)18(14)20(9-21)6-3-7-20/h4-5,10H,3,6-9,21H2,1-2H3,(H2,22,24). The molecule has 0 bridgehead atoms. The number of aromatic nitrogens is 1. The quantitative estimate of drug-likeness (QED) is 0.675. The van der Waals surface area contributed by atoms with Crippen LogP contribution >= 0.6 is 11.3 Å². The van der Waals surface area contributed by atoms with Crippen molar-refractivity contribution in [2.75, 3.05) is 6.54 Å². The molecule has 27 heavy (non-hydrogen) atoms. The number of carbonyl (C=O) groups is 1. The Labute approximate surface area is 161 Å². The molecule has 142 valence electrons. The van der Waals surface area contributed by atoms with Crippen LogP contribution in [0.2, 0.25) is 0 Å². The number of thiazole rings is 1. The highest BCUT2D eigenvalue weighted by atomic mass is 32.1. The van der Waals surface area contributed by atoms with Gasteiger partial charge in [0.1, 0.15) is 23.7 Å². The van der Waals surface area contributed by atoms with E-state index in [1.54, 1.807) is 18.3 Å². The second kappa shape index (κ2) is 6.65. The van der Waals surface area contributed by atoms with Gasteiger partial charge in [-0.05, 0) is 38.8 Å². The van der Waals surface area contributed by atoms with Crippen LogP contribution in [0.3, 0.4) is 0 Å². The minimum atomic E-state index is -0.491. The number of ether oxygens (including phenoxy) is 1. The van der Waals surface area contributed by atoms with Crippen molar-refractivity contribution in [1.29, 1.82) is 0 Å². The maximum atomic E-state index is 12.2. The average molecular weight is 385 g/mol. The molecule has 0 spiro atoms. The first-order valence-electron chi connectivity index (χ1n) is 9.05. The van der Waals surface area contributed by atoms with E-state index in [0.717, 1.165) is 46.5 Å². The number of furan rings is 1. The highest BCUT2D eigenvalue weighted by Gasteiger charge is 2.42. The Kier molecular flexibility index (Phi) is 4.44. The van der Waals surface area contributed by atoms with E-state index in [1.165, 1.54) is 0 Å². The van der Waals surface area contributed by atoms with E-state index in [-0.39, 0.29) is 5.41 Å². The van der Waals surface area contributed by atoms with Crippen LogP contribution in [0, 0.1) is 13.8 Å². The summed E-state index contributed by atoms with van der Waals surface area (Å²) in [5, 5.41) is 0.753. The first-order chi connectivity index (χ1) is 13.0. The van der Waals surface area contributed by atoms with Gasteiger partial charge in [0.25, 0.3) is 5.91 Å². The van der Waals surface area contributed by atoms with E-state index < -0.39 is 5.91 Å². The number of primary amides is 1. The Morgan fingerprint density at radius 1 is 1.37 bits per heavy atom. The third-order valence-corrected chi connectivity index (χ3v) is 6.58. The van der Waals surface area contributed by atoms with E-state index in [4.69, 9.17) is 20.6 Å². The molecule has 2 aromatic heterocycles. The summed E-state index contributed by atoms with van der Waals surface area (Å²) >= 11 is 1.57. The highest BCUT2D eigenvalue weighted by molar-refractivity contribution is 7.09. The third-order valence-electron chi connectivity index (χ3n) is 5.68. The number of aryl methyl sites for hydroxylation is 2. The number of amides is 1. The van der Waals surface area contributed by atoms with Gasteiger partial charge in [-0.15, -0.1) is 11.3 Å². The van der Waals surface area contributed by atoms with Crippen LogP contribution in [0.1, 0.15) is 51.5 Å². The molecule has 1 amide bonds. The van der Waals surface area contributed by atoms with E-state index >= 15 is 0 Å². The normalized spacial score (nSPS) is 15.7. The van der Waals surface area contributed by atoms with Crippen LogP contribution in [0.5, 0.6) is 5.75 Å². The minimum Gasteiger partial charge on any atom is -0.488 e. The van der Waals surface area contributed by atoms with Crippen LogP contribution in [0.25, 0.3) is 11.0 Å². The Hall–Kier alpha value is -2.38. The van der Waals surface area contributed by atoms with Gasteiger partial charge in [0.05, 0.1) is 21.6 Å². The molecule has 3 aromatic rings. The van der Waals surface area contributed by atoms with Crippen molar-refractivity contribution in [3.63, 3.8) is 0 Å². The summed E-state index contributed by atoms with van der Waals surface area (Å²) in [6.07, 6.45) is 3.02. The summed E-state index contributed by atoms with van der Waals surface area (Å²) in [7, 11) is 0. The van der Waals surface area contributed by atoms with Gasteiger partial charge in [0.2, 0.25) is 0 Å². The van der Waals surface area contributed by atoms with Crippen molar-refractivity contribution < 1.29 is 13.9 Å². The molecule has 1 aliphatic carbocycles. The number of hydrogen-bond acceptors (Lipinski definition) is 6. The number of benzene rings is 1. The minimum absolute atomic E-state index is 0.210. The average Bonchev–Trinajstić information content (AvgIpc) is 3.15. The van der Waals surface area contributed by atoms with Crippen molar-refractivity contribution in [2.45, 2.75) is 45.1 Å². The first kappa shape index (κ1) is 18.0. The topological polar surface area (TPSA) is 104 Å². The molecule has 4 rings (SSSR count). The van der Waals surface area contributed by atoms with Crippen LogP contribution in [-0.2, 0) is 12.0 Å². The fraction of sp³-hybridized carbons (Fsp3) is 0.400. The molecule has 6 nitrogen and oxygen atoms in total. The van der Waals surface area contributed by atoms with Gasteiger partial charge in [-0.3, -0.25) is 4.79 Å². The van der Waals surface area contributed by atoms with Gasteiger partial charge in [0.15, 0.2) is 0 Å². The van der Waals surface area contributed by atoms with Crippen molar-refractivity contribution in [3.8, 4) is 5.75 Å². The lowest BCUT2D eigenvalue weighted by Gasteiger charge is -2.42. The fourth-order valence-corrected chi connectivity index (χ4v) is 4.69. The van der Waals surface area contributed by atoms with Crippen molar-refractivity contribution in [2.24, 2.45) is 11.5 Å². The SMILES string of the molecule is Cc1ncsc1COc1ccc2oc(C)c(C(N)=O)c2c1C1(CN)CCC1. The molecule has 0 atom stereocenters. The summed E-state index contributed by atoms with van der Waals surface area (Å²) in [5.74, 6) is 0.777. The highest BCUT2D eigenvalue weighted by Crippen LogP contribution is 2.50. The molecule has 0 saturated heterocycles. The van der Waals surface area contributed by atoms with Gasteiger partial charge >= 0.3 is 0 Å². The van der Waals surface area contributed by atoms with Gasteiger partial charge < -0.3 is 20.6 Å². The van der Waals surface area contributed by atoms with E-state index in [0.29, 0.717) is 30.1 Å². The van der Waals surface area contributed by atoms with Crippen molar-refractivity contribution >= 4 is 28.2 Å². The predicted octanol–water partition coefficient (Wildman–Crippen LogP) is 3.56. The molecule has 2 heterocycles. The van der Waals surface area contributed by atoms with Gasteiger partial charge in [-0.2, -0.15) is 0 Å². The fourth-order valence-electron chi connectivity index (χ4n) is 4.00. The Morgan fingerprint density at radius 2 is 2.15 bits per heavy atom. The van der Waals surface area contributed by atoms with E-state index in [1.807, 2.05) is 24.6 Å². The molecular formula is C20H23N3O3S. The molecule has 4 N–H and O–H groups in total. The Morgan fingerprint density at radius 3 is 2.70 bits per heavy atom. The molecule has 0 aliphatic heterocycles. The largest absolute Gasteiger partial charge is 0.488 e. The van der Waals surface area contributed by atoms with Crippen LogP contribution in [0.15, 0.2) is 22.1 Å². The molecule has 1 aromatic carbocycles. The van der Waals surface area contributed by atoms with Gasteiger partial charge in [0, 0.05) is 22.9 Å². The summed E-state index contributed by atoms with van der Waals surface area (Å²) in [6, 6.07) is 3.76. The second-order valence-electron chi connectivity index (χ2n) is 7.20. The van der Waals surface area contributed by atoms with E-state index in [2.05, 4.69) is 4.98 Å². The molecule has 1 aliphatic rings. The molecule has 7 heteroatoms. The number of carbonyl (C=O) groups excluding carboxylic acids is 1. The lowest BCUT2D eigenvalue weighted by molar-refractivity contribution is 0.1000. The van der Waals surface area contributed by atoms with Crippen LogP contribution in [-0.4, -0.2) is 17.4 Å². The summed E-state index contributed by atoms with van der Waals surface area (Å²) < 4.78 is 12.0. The molecule has 0 unspecified atom stereocenters. The number of nitrogens with two attached hydrogens (primary N) is 2. The molecule has 1 saturated carbocycles. The Bertz CT molecular complexity index is 1010. The predicted molar refractivity (Wildman–Crippen MR) is 105 cm³/mol. The first-order valence-corrected chi connectivity index (χ1v) is 9.93. The lowest BCUT2D eigenvalue weighted by Crippen LogP contribution is -2.42. The van der Waals surface area contributed by atoms with E-state index in [9.17, 15) is 4.79 Å². The van der Waals surface area contributed by atoms with Gasteiger partial charge in [-0.1, -0.05) is 6.42 Å². The number of hydrogen-bond donors (Lipinski definition) is 2. The maximum Gasteiger partial charge on any atom is 0.252 e. The zero-order chi connectivity index (χ0) is 19.2. The number of fused-ring (bicyclic) bond motifs is 1. The zero-order valence-electron chi connectivity index (χ0n) is 15.5. The molecule has 0 radical (unpaired) electrons. The summed E-state index contributed by atoms with van der Waals surface area (Å²) in [5.41, 5.74) is 16.5. The lowest BCUT2D eigenvalue weighted by atomic mass is 9.63. The monoisotopic (exact) mass is 385 g/mol. The number of rotatable bonds is 6. The smallest absolute Gasteiger partial charge is 0.252 e. The molecular weight excluding hydrogens is 362 g/mol. The zero-order valence-corrected chi connectivity index (χ0v) is 16.3. The molecule has 1 fully saturated rings. The number of nitrogens with zero attached hydrogens (tertiary/aromatic N) is 1. The second-order valence-corrected chi connectivity index (χ2v) is 8.14. The van der Waals surface area contributed by atoms with Gasteiger partial charge in [-0.25, -0.2) is 4.98 Å². The maximum absolute atomic E-state index is 12.2. The van der Waals surface area contributed by atoms with Crippen molar-refractivity contribution in [1.82, 2.24) is 4.98 Å². The van der Waals surface area contributed by atoms with Crippen molar-refractivity contribution in [3.05, 3.63) is 45.1 Å². The third kappa shape index (κ3) is 2.82. The van der Waals surface area contributed by atoms with Crippen LogP contribution < -0.4 is 16.2 Å². The Balaban J connectivity index is 1.89.